The number of aryl methyl sites for hydroxylation is 1. The number of aliphatic imine (C=N–C) groups is 1. The molecule has 1 heterocycles. The van der Waals surface area contributed by atoms with Gasteiger partial charge in [0, 0.05) is 4.88 Å². The number of thiophene rings is 1. The third-order valence-corrected chi connectivity index (χ3v) is 3.50. The van der Waals surface area contributed by atoms with E-state index in [1.54, 1.807) is 11.3 Å². The van der Waals surface area contributed by atoms with Crippen molar-refractivity contribution in [2.24, 2.45) is 4.99 Å². The van der Waals surface area contributed by atoms with Crippen molar-refractivity contribution in [1.82, 2.24) is 0 Å². The summed E-state index contributed by atoms with van der Waals surface area (Å²) in [5.41, 5.74) is 1.06. The number of rotatable bonds is 1. The molecular formula is C10H9NO2S. The maximum atomic E-state index is 11.4. The Morgan fingerprint density at radius 2 is 2.50 bits per heavy atom. The first-order valence-electron chi connectivity index (χ1n) is 4.51. The maximum Gasteiger partial charge on any atom is 0.264 e. The van der Waals surface area contributed by atoms with Crippen LogP contribution < -0.4 is 0 Å². The summed E-state index contributed by atoms with van der Waals surface area (Å²) < 4.78 is 0. The van der Waals surface area contributed by atoms with Crippen molar-refractivity contribution in [3.63, 3.8) is 0 Å². The lowest BCUT2D eigenvalue weighted by atomic mass is 9.87. The van der Waals surface area contributed by atoms with E-state index >= 15 is 0 Å². The van der Waals surface area contributed by atoms with Gasteiger partial charge in [-0.15, -0.1) is 16.3 Å². The summed E-state index contributed by atoms with van der Waals surface area (Å²) in [6.45, 7) is 0. The van der Waals surface area contributed by atoms with Crippen molar-refractivity contribution in [3.05, 3.63) is 21.9 Å². The molecule has 0 spiro atoms. The largest absolute Gasteiger partial charge is 0.271 e. The van der Waals surface area contributed by atoms with Crippen molar-refractivity contribution in [1.29, 1.82) is 0 Å². The Kier molecular flexibility index (Phi) is 2.57. The van der Waals surface area contributed by atoms with Crippen molar-refractivity contribution >= 4 is 23.3 Å². The fraction of sp³-hybridized carbons (Fsp3) is 0.400. The quantitative estimate of drug-likeness (QED) is 0.522. The highest BCUT2D eigenvalue weighted by Crippen LogP contribution is 2.35. The minimum absolute atomic E-state index is 0.202. The number of amides is 1. The van der Waals surface area contributed by atoms with E-state index in [9.17, 15) is 9.59 Å². The highest BCUT2D eigenvalue weighted by atomic mass is 32.1. The Morgan fingerprint density at radius 3 is 3.29 bits per heavy atom. The van der Waals surface area contributed by atoms with Gasteiger partial charge in [-0.1, -0.05) is 0 Å². The summed E-state index contributed by atoms with van der Waals surface area (Å²) in [7, 11) is 0. The average Bonchev–Trinajstić information content (AvgIpc) is 2.65. The standard InChI is InChI=1S/C10H9NO2S/c12-6-11-10(13)8-2-1-3-9-7(8)4-5-14-9/h4-5,8H,1-3H2. The predicted molar refractivity (Wildman–Crippen MR) is 53.1 cm³/mol. The minimum Gasteiger partial charge on any atom is -0.271 e. The first-order chi connectivity index (χ1) is 6.83. The molecule has 0 saturated heterocycles. The number of hydrogen-bond donors (Lipinski definition) is 0. The molecule has 0 aliphatic heterocycles. The number of hydrogen-bond acceptors (Lipinski definition) is 3. The number of carbonyl (C=O) groups excluding carboxylic acids is 2. The smallest absolute Gasteiger partial charge is 0.264 e. The topological polar surface area (TPSA) is 46.5 Å². The van der Waals surface area contributed by atoms with Crippen molar-refractivity contribution < 1.29 is 9.59 Å². The second-order valence-corrected chi connectivity index (χ2v) is 4.29. The Balaban J connectivity index is 2.32. The lowest BCUT2D eigenvalue weighted by molar-refractivity contribution is -0.119. The van der Waals surface area contributed by atoms with Crippen LogP contribution in [0.5, 0.6) is 0 Å². The number of isocyanates is 1. The number of nitrogens with zero attached hydrogens (tertiary/aromatic N) is 1. The van der Waals surface area contributed by atoms with E-state index in [1.807, 2.05) is 11.4 Å². The molecule has 0 aromatic carbocycles. The molecule has 0 N–H and O–H groups in total. The van der Waals surface area contributed by atoms with E-state index in [0.717, 1.165) is 24.8 Å². The van der Waals surface area contributed by atoms with Gasteiger partial charge in [0.2, 0.25) is 6.08 Å². The van der Waals surface area contributed by atoms with Crippen LogP contribution in [-0.4, -0.2) is 12.0 Å². The van der Waals surface area contributed by atoms with E-state index in [2.05, 4.69) is 4.99 Å². The van der Waals surface area contributed by atoms with Gasteiger partial charge >= 0.3 is 0 Å². The van der Waals surface area contributed by atoms with Crippen molar-refractivity contribution in [2.45, 2.75) is 25.2 Å². The van der Waals surface area contributed by atoms with E-state index in [0.29, 0.717) is 0 Å². The predicted octanol–water partition coefficient (Wildman–Crippen LogP) is 2.03. The Labute approximate surface area is 85.5 Å². The van der Waals surface area contributed by atoms with Gasteiger partial charge in [0.25, 0.3) is 5.91 Å². The van der Waals surface area contributed by atoms with Gasteiger partial charge in [0.05, 0.1) is 5.92 Å². The second-order valence-electron chi connectivity index (χ2n) is 3.29. The molecule has 1 aliphatic rings. The fourth-order valence-electron chi connectivity index (χ4n) is 1.87. The Bertz CT molecular complexity index is 404. The van der Waals surface area contributed by atoms with Gasteiger partial charge in [-0.25, -0.2) is 4.79 Å². The zero-order chi connectivity index (χ0) is 9.97. The van der Waals surface area contributed by atoms with Crippen molar-refractivity contribution in [3.8, 4) is 0 Å². The van der Waals surface area contributed by atoms with Crippen LogP contribution in [0.4, 0.5) is 0 Å². The summed E-state index contributed by atoms with van der Waals surface area (Å²) in [5.74, 6) is -0.550. The van der Waals surface area contributed by atoms with Crippen LogP contribution in [0.1, 0.15) is 29.2 Å². The van der Waals surface area contributed by atoms with Crippen LogP contribution in [0.3, 0.4) is 0 Å². The van der Waals surface area contributed by atoms with E-state index < -0.39 is 0 Å². The molecule has 1 aromatic rings. The highest BCUT2D eigenvalue weighted by molar-refractivity contribution is 7.10. The van der Waals surface area contributed by atoms with E-state index in [4.69, 9.17) is 0 Å². The molecule has 2 rings (SSSR count). The molecule has 0 radical (unpaired) electrons. The second kappa shape index (κ2) is 3.86. The maximum absolute atomic E-state index is 11.4. The molecule has 1 unspecified atom stereocenters. The molecule has 14 heavy (non-hydrogen) atoms. The molecule has 0 bridgehead atoms. The van der Waals surface area contributed by atoms with Gasteiger partial charge in [0.1, 0.15) is 0 Å². The third kappa shape index (κ3) is 1.54. The van der Waals surface area contributed by atoms with Gasteiger partial charge in [-0.2, -0.15) is 0 Å². The third-order valence-electron chi connectivity index (χ3n) is 2.51. The Morgan fingerprint density at radius 1 is 1.64 bits per heavy atom. The van der Waals surface area contributed by atoms with E-state index in [1.165, 1.54) is 11.0 Å². The van der Waals surface area contributed by atoms with Crippen LogP contribution in [0.15, 0.2) is 16.4 Å². The molecule has 1 amide bonds. The summed E-state index contributed by atoms with van der Waals surface area (Å²) in [5, 5.41) is 1.99. The van der Waals surface area contributed by atoms with Crippen LogP contribution >= 0.6 is 11.3 Å². The van der Waals surface area contributed by atoms with Gasteiger partial charge < -0.3 is 0 Å². The summed E-state index contributed by atoms with van der Waals surface area (Å²) >= 11 is 1.67. The number of fused-ring (bicyclic) bond motifs is 1. The monoisotopic (exact) mass is 207 g/mol. The fourth-order valence-corrected chi connectivity index (χ4v) is 2.85. The molecule has 72 valence electrons. The van der Waals surface area contributed by atoms with Crippen LogP contribution in [-0.2, 0) is 16.0 Å². The van der Waals surface area contributed by atoms with Crippen molar-refractivity contribution in [2.75, 3.05) is 0 Å². The van der Waals surface area contributed by atoms with Gasteiger partial charge in [-0.05, 0) is 36.3 Å². The lowest BCUT2D eigenvalue weighted by Gasteiger charge is -2.18. The molecule has 3 nitrogen and oxygen atoms in total. The van der Waals surface area contributed by atoms with Gasteiger partial charge in [-0.3, -0.25) is 4.79 Å². The van der Waals surface area contributed by atoms with Crippen LogP contribution in [0, 0.1) is 0 Å². The molecule has 4 heteroatoms. The number of carbonyl (C=O) groups is 1. The normalized spacial score (nSPS) is 19.6. The average molecular weight is 207 g/mol. The SMILES string of the molecule is O=C=NC(=O)C1CCCc2sccc21. The lowest BCUT2D eigenvalue weighted by Crippen LogP contribution is -2.15. The first kappa shape index (κ1) is 9.31. The summed E-state index contributed by atoms with van der Waals surface area (Å²) in [4.78, 5) is 25.9. The zero-order valence-corrected chi connectivity index (χ0v) is 8.34. The summed E-state index contributed by atoms with van der Waals surface area (Å²) in [6.07, 6.45) is 4.16. The molecule has 0 fully saturated rings. The Hall–Kier alpha value is -1.25. The first-order valence-corrected chi connectivity index (χ1v) is 5.39. The minimum atomic E-state index is -0.348. The molecule has 1 aromatic heterocycles. The van der Waals surface area contributed by atoms with E-state index in [-0.39, 0.29) is 11.8 Å². The van der Waals surface area contributed by atoms with Gasteiger partial charge in [0.15, 0.2) is 0 Å². The molecule has 0 saturated carbocycles. The van der Waals surface area contributed by atoms with Crippen LogP contribution in [0.25, 0.3) is 0 Å². The summed E-state index contributed by atoms with van der Waals surface area (Å²) in [6, 6.07) is 1.96. The molecule has 1 aliphatic carbocycles. The highest BCUT2D eigenvalue weighted by Gasteiger charge is 2.26. The zero-order valence-electron chi connectivity index (χ0n) is 7.53. The molecular weight excluding hydrogens is 198 g/mol. The molecule has 1 atom stereocenters. The van der Waals surface area contributed by atoms with Crippen LogP contribution in [0.2, 0.25) is 0 Å².